The molecule has 0 saturated heterocycles. The average Bonchev–Trinajstić information content (AvgIpc) is 2.96. The number of nitrogens with one attached hydrogen (secondary N) is 2. The van der Waals surface area contributed by atoms with E-state index in [1.165, 1.54) is 60.6 Å². The van der Waals surface area contributed by atoms with Gasteiger partial charge in [-0.05, 0) is 60.8 Å². The Morgan fingerprint density at radius 1 is 1.07 bits per heavy atom. The van der Waals surface area contributed by atoms with Gasteiger partial charge in [-0.25, -0.2) is 0 Å². The fourth-order valence-corrected chi connectivity index (χ4v) is 4.78. The molecule has 4 rings (SSSR count). The summed E-state index contributed by atoms with van der Waals surface area (Å²) in [6, 6.07) is 17.6. The van der Waals surface area contributed by atoms with E-state index in [9.17, 15) is 0 Å². The van der Waals surface area contributed by atoms with Gasteiger partial charge in [-0.1, -0.05) is 62.9 Å². The molecule has 0 spiro atoms. The standard InChI is InChI=1S/C25H31N3S/c1-2-19-10-9-11-21(16-19)27-25(29)28(22-12-5-3-4-6-13-22)18-20-17-26-24-15-8-7-14-23(20)24/h7-11,14-17,22,26H,2-6,12-13,18H2,1H3,(H,27,29). The van der Waals surface area contributed by atoms with Crippen molar-refractivity contribution in [1.29, 1.82) is 0 Å². The molecular formula is C25H31N3S. The second-order valence-electron chi connectivity index (χ2n) is 8.12. The zero-order chi connectivity index (χ0) is 20.1. The van der Waals surface area contributed by atoms with Gasteiger partial charge in [-0.15, -0.1) is 0 Å². The van der Waals surface area contributed by atoms with Crippen LogP contribution >= 0.6 is 12.2 Å². The first-order chi connectivity index (χ1) is 14.2. The Bertz CT molecular complexity index is 953. The number of aromatic nitrogens is 1. The second-order valence-corrected chi connectivity index (χ2v) is 8.50. The highest BCUT2D eigenvalue weighted by Gasteiger charge is 2.23. The van der Waals surface area contributed by atoms with Gasteiger partial charge in [0.1, 0.15) is 0 Å². The molecule has 2 aromatic carbocycles. The third-order valence-corrected chi connectivity index (χ3v) is 6.47. The van der Waals surface area contributed by atoms with Gasteiger partial charge < -0.3 is 15.2 Å². The third kappa shape index (κ3) is 4.81. The molecule has 1 aliphatic rings. The molecule has 1 aromatic heterocycles. The number of benzene rings is 2. The Labute approximate surface area is 179 Å². The van der Waals surface area contributed by atoms with Crippen LogP contribution in [-0.2, 0) is 13.0 Å². The summed E-state index contributed by atoms with van der Waals surface area (Å²) in [5.41, 5.74) is 4.93. The van der Waals surface area contributed by atoms with Crippen LogP contribution in [0.15, 0.2) is 54.7 Å². The van der Waals surface area contributed by atoms with Gasteiger partial charge in [-0.2, -0.15) is 0 Å². The molecule has 1 fully saturated rings. The lowest BCUT2D eigenvalue weighted by molar-refractivity contribution is 0.281. The van der Waals surface area contributed by atoms with Gasteiger partial charge in [0.15, 0.2) is 5.11 Å². The highest BCUT2D eigenvalue weighted by molar-refractivity contribution is 7.80. The molecule has 4 heteroatoms. The van der Waals surface area contributed by atoms with Crippen LogP contribution in [-0.4, -0.2) is 21.0 Å². The minimum absolute atomic E-state index is 0.500. The van der Waals surface area contributed by atoms with Crippen molar-refractivity contribution in [2.24, 2.45) is 0 Å². The Morgan fingerprint density at radius 2 is 1.86 bits per heavy atom. The molecule has 0 aliphatic heterocycles. The van der Waals surface area contributed by atoms with E-state index < -0.39 is 0 Å². The van der Waals surface area contributed by atoms with E-state index in [1.54, 1.807) is 0 Å². The first kappa shape index (κ1) is 20.0. The van der Waals surface area contributed by atoms with Gasteiger partial charge in [0.2, 0.25) is 0 Å². The van der Waals surface area contributed by atoms with Gasteiger partial charge in [0.05, 0.1) is 0 Å². The summed E-state index contributed by atoms with van der Waals surface area (Å²) < 4.78 is 0. The zero-order valence-corrected chi connectivity index (χ0v) is 18.1. The van der Waals surface area contributed by atoms with Crippen LogP contribution in [0, 0.1) is 0 Å². The molecule has 3 nitrogen and oxygen atoms in total. The molecule has 3 aromatic rings. The van der Waals surface area contributed by atoms with Gasteiger partial charge in [0, 0.05) is 35.4 Å². The molecule has 29 heavy (non-hydrogen) atoms. The maximum absolute atomic E-state index is 5.96. The number of hydrogen-bond donors (Lipinski definition) is 2. The molecule has 0 radical (unpaired) electrons. The van der Waals surface area contributed by atoms with Crippen molar-refractivity contribution in [2.45, 2.75) is 64.5 Å². The van der Waals surface area contributed by atoms with Crippen LogP contribution in [0.5, 0.6) is 0 Å². The summed E-state index contributed by atoms with van der Waals surface area (Å²) in [6.45, 7) is 3.03. The van der Waals surface area contributed by atoms with Crippen molar-refractivity contribution in [2.75, 3.05) is 5.32 Å². The van der Waals surface area contributed by atoms with Crippen molar-refractivity contribution < 1.29 is 0 Å². The number of thiocarbonyl (C=S) groups is 1. The van der Waals surface area contributed by atoms with Crippen LogP contribution in [0.2, 0.25) is 0 Å². The van der Waals surface area contributed by atoms with Crippen molar-refractivity contribution in [3.8, 4) is 0 Å². The lowest BCUT2D eigenvalue weighted by Crippen LogP contribution is -2.42. The Morgan fingerprint density at radius 3 is 2.66 bits per heavy atom. The number of rotatable bonds is 5. The molecule has 1 heterocycles. The number of nitrogens with zero attached hydrogens (tertiary/aromatic N) is 1. The number of para-hydroxylation sites is 1. The molecule has 0 bridgehead atoms. The van der Waals surface area contributed by atoms with Crippen LogP contribution < -0.4 is 5.32 Å². The maximum Gasteiger partial charge on any atom is 0.173 e. The first-order valence-corrected chi connectivity index (χ1v) is 11.4. The zero-order valence-electron chi connectivity index (χ0n) is 17.3. The fraction of sp³-hybridized carbons (Fsp3) is 0.400. The number of hydrogen-bond acceptors (Lipinski definition) is 1. The number of aromatic amines is 1. The number of aryl methyl sites for hydroxylation is 1. The molecule has 0 amide bonds. The van der Waals surface area contributed by atoms with E-state index in [-0.39, 0.29) is 0 Å². The van der Waals surface area contributed by atoms with E-state index in [4.69, 9.17) is 12.2 Å². The first-order valence-electron chi connectivity index (χ1n) is 11.0. The molecule has 2 N–H and O–H groups in total. The molecule has 0 atom stereocenters. The maximum atomic E-state index is 5.96. The van der Waals surface area contributed by atoms with E-state index in [1.807, 2.05) is 0 Å². The topological polar surface area (TPSA) is 31.1 Å². The molecular weight excluding hydrogens is 374 g/mol. The SMILES string of the molecule is CCc1cccc(NC(=S)N(Cc2c[nH]c3ccccc23)C2CCCCCC2)c1. The summed E-state index contributed by atoms with van der Waals surface area (Å²) in [5, 5.41) is 5.68. The van der Waals surface area contributed by atoms with Crippen LogP contribution in [0.25, 0.3) is 10.9 Å². The smallest absolute Gasteiger partial charge is 0.173 e. The molecule has 1 saturated carbocycles. The number of H-pyrrole nitrogens is 1. The lowest BCUT2D eigenvalue weighted by Gasteiger charge is -2.34. The van der Waals surface area contributed by atoms with Crippen molar-refractivity contribution in [3.05, 3.63) is 65.9 Å². The minimum Gasteiger partial charge on any atom is -0.361 e. The summed E-state index contributed by atoms with van der Waals surface area (Å²) >= 11 is 5.96. The van der Waals surface area contributed by atoms with Crippen molar-refractivity contribution >= 4 is 33.9 Å². The highest BCUT2D eigenvalue weighted by Crippen LogP contribution is 2.27. The van der Waals surface area contributed by atoms with Crippen LogP contribution in [0.3, 0.4) is 0 Å². The van der Waals surface area contributed by atoms with E-state index >= 15 is 0 Å². The predicted molar refractivity (Wildman–Crippen MR) is 127 cm³/mol. The predicted octanol–water partition coefficient (Wildman–Crippen LogP) is 6.65. The Hall–Kier alpha value is -2.33. The average molecular weight is 406 g/mol. The normalized spacial score (nSPS) is 15.2. The quantitative estimate of drug-likeness (QED) is 0.368. The van der Waals surface area contributed by atoms with Gasteiger partial charge >= 0.3 is 0 Å². The summed E-state index contributed by atoms with van der Waals surface area (Å²) in [7, 11) is 0. The number of anilines is 1. The number of fused-ring (bicyclic) bond motifs is 1. The van der Waals surface area contributed by atoms with E-state index in [0.29, 0.717) is 6.04 Å². The third-order valence-electron chi connectivity index (χ3n) is 6.13. The van der Waals surface area contributed by atoms with Crippen molar-refractivity contribution in [3.63, 3.8) is 0 Å². The molecule has 152 valence electrons. The Kier molecular flexibility index (Phi) is 6.50. The fourth-order valence-electron chi connectivity index (χ4n) is 4.45. The van der Waals surface area contributed by atoms with Crippen LogP contribution in [0.4, 0.5) is 5.69 Å². The van der Waals surface area contributed by atoms with Gasteiger partial charge in [-0.3, -0.25) is 0 Å². The van der Waals surface area contributed by atoms with Crippen molar-refractivity contribution in [1.82, 2.24) is 9.88 Å². The van der Waals surface area contributed by atoms with Gasteiger partial charge in [0.25, 0.3) is 0 Å². The monoisotopic (exact) mass is 405 g/mol. The Balaban J connectivity index is 1.59. The lowest BCUT2D eigenvalue weighted by atomic mass is 10.1. The molecule has 0 unspecified atom stereocenters. The van der Waals surface area contributed by atoms with E-state index in [0.717, 1.165) is 23.8 Å². The summed E-state index contributed by atoms with van der Waals surface area (Å²) in [5.74, 6) is 0. The summed E-state index contributed by atoms with van der Waals surface area (Å²) in [4.78, 5) is 5.86. The second kappa shape index (κ2) is 9.45. The highest BCUT2D eigenvalue weighted by atomic mass is 32.1. The van der Waals surface area contributed by atoms with Crippen LogP contribution in [0.1, 0.15) is 56.6 Å². The minimum atomic E-state index is 0.500. The largest absolute Gasteiger partial charge is 0.361 e. The van der Waals surface area contributed by atoms with E-state index in [2.05, 4.69) is 76.9 Å². The molecule has 1 aliphatic carbocycles. The summed E-state index contributed by atoms with van der Waals surface area (Å²) in [6.07, 6.45) is 10.9.